The molecule has 0 fully saturated rings. The van der Waals surface area contributed by atoms with Gasteiger partial charge in [-0.15, -0.1) is 0 Å². The zero-order valence-electron chi connectivity index (χ0n) is 12.7. The number of sulfonamides is 1. The number of carbonyl (C=O) groups is 1. The molecular weight excluding hydrogens is 310 g/mol. The predicted molar refractivity (Wildman–Crippen MR) is 79.8 cm³/mol. The Hall–Kier alpha value is -1.80. The maximum atomic E-state index is 11.9. The van der Waals surface area contributed by atoms with Gasteiger partial charge in [-0.1, -0.05) is 0 Å². The Morgan fingerprint density at radius 2 is 1.91 bits per heavy atom. The van der Waals surface area contributed by atoms with Crippen molar-refractivity contribution in [1.29, 1.82) is 0 Å². The third-order valence-corrected chi connectivity index (χ3v) is 5.04. The number of ether oxygens (including phenoxy) is 2. The summed E-state index contributed by atoms with van der Waals surface area (Å²) in [5, 5.41) is 9.12. The molecule has 122 valence electrons. The van der Waals surface area contributed by atoms with E-state index < -0.39 is 22.0 Å². The van der Waals surface area contributed by atoms with E-state index in [1.807, 2.05) is 0 Å². The van der Waals surface area contributed by atoms with Gasteiger partial charge in [0.2, 0.25) is 10.0 Å². The van der Waals surface area contributed by atoms with Crippen LogP contribution in [0.2, 0.25) is 0 Å². The lowest BCUT2D eigenvalue weighted by Crippen LogP contribution is -2.40. The molecule has 1 atom stereocenters. The summed E-state index contributed by atoms with van der Waals surface area (Å²) in [5.74, 6) is -0.0589. The maximum Gasteiger partial charge on any atom is 0.305 e. The van der Waals surface area contributed by atoms with E-state index in [9.17, 15) is 13.2 Å². The number of fused-ring (bicyclic) bond motifs is 1. The van der Waals surface area contributed by atoms with E-state index in [0.29, 0.717) is 23.5 Å². The van der Waals surface area contributed by atoms with E-state index in [0.717, 1.165) is 11.8 Å². The standard InChI is InChI=1S/C14H19NO6S/c1-20-12-6-9-4-5-15(22(3,18)19)11(8-14(16)17)10(9)7-13(12)21-2/h6-7,11H,4-5,8H2,1-3H3,(H,16,17)/t11-/m1/s1. The number of hydrogen-bond acceptors (Lipinski definition) is 5. The summed E-state index contributed by atoms with van der Waals surface area (Å²) in [4.78, 5) is 11.1. The van der Waals surface area contributed by atoms with Crippen LogP contribution in [0.4, 0.5) is 0 Å². The van der Waals surface area contributed by atoms with Crippen molar-refractivity contribution in [3.63, 3.8) is 0 Å². The third kappa shape index (κ3) is 3.17. The van der Waals surface area contributed by atoms with Gasteiger partial charge in [0.1, 0.15) is 0 Å². The fourth-order valence-electron chi connectivity index (χ4n) is 2.78. The first-order valence-electron chi connectivity index (χ1n) is 6.71. The summed E-state index contributed by atoms with van der Waals surface area (Å²) in [6.45, 7) is 0.249. The van der Waals surface area contributed by atoms with Crippen LogP contribution in [0.25, 0.3) is 0 Å². The molecule has 0 aromatic heterocycles. The minimum Gasteiger partial charge on any atom is -0.493 e. The second kappa shape index (κ2) is 6.13. The van der Waals surface area contributed by atoms with Crippen molar-refractivity contribution in [2.45, 2.75) is 18.9 Å². The normalized spacial score (nSPS) is 18.6. The summed E-state index contributed by atoms with van der Waals surface area (Å²) in [6.07, 6.45) is 1.29. The van der Waals surface area contributed by atoms with E-state index in [1.54, 1.807) is 12.1 Å². The second-order valence-corrected chi connectivity index (χ2v) is 7.08. The highest BCUT2D eigenvalue weighted by Gasteiger charge is 2.35. The number of methoxy groups -OCH3 is 2. The van der Waals surface area contributed by atoms with Gasteiger partial charge in [0.25, 0.3) is 0 Å². The van der Waals surface area contributed by atoms with Gasteiger partial charge < -0.3 is 14.6 Å². The van der Waals surface area contributed by atoms with Crippen molar-refractivity contribution in [3.05, 3.63) is 23.3 Å². The highest BCUT2D eigenvalue weighted by Crippen LogP contribution is 2.40. The highest BCUT2D eigenvalue weighted by molar-refractivity contribution is 7.88. The molecule has 0 bridgehead atoms. The largest absolute Gasteiger partial charge is 0.493 e. The monoisotopic (exact) mass is 329 g/mol. The van der Waals surface area contributed by atoms with Gasteiger partial charge in [-0.25, -0.2) is 8.42 Å². The van der Waals surface area contributed by atoms with Crippen LogP contribution in [-0.2, 0) is 21.2 Å². The molecule has 0 spiro atoms. The molecule has 22 heavy (non-hydrogen) atoms. The number of benzene rings is 1. The van der Waals surface area contributed by atoms with Gasteiger partial charge in [0.05, 0.1) is 32.9 Å². The first-order valence-corrected chi connectivity index (χ1v) is 8.56. The molecular formula is C14H19NO6S. The molecule has 1 aliphatic rings. The van der Waals surface area contributed by atoms with Crippen molar-refractivity contribution in [3.8, 4) is 11.5 Å². The van der Waals surface area contributed by atoms with Gasteiger partial charge in [-0.05, 0) is 29.7 Å². The smallest absolute Gasteiger partial charge is 0.305 e. The minimum absolute atomic E-state index is 0.249. The first kappa shape index (κ1) is 16.6. The summed E-state index contributed by atoms with van der Waals surface area (Å²) in [6, 6.07) is 2.71. The van der Waals surface area contributed by atoms with Crippen LogP contribution >= 0.6 is 0 Å². The molecule has 2 rings (SSSR count). The molecule has 0 saturated carbocycles. The van der Waals surface area contributed by atoms with Gasteiger partial charge in [-0.2, -0.15) is 4.31 Å². The Labute approximate surface area is 129 Å². The van der Waals surface area contributed by atoms with E-state index >= 15 is 0 Å². The lowest BCUT2D eigenvalue weighted by atomic mass is 9.92. The number of hydrogen-bond donors (Lipinski definition) is 1. The van der Waals surface area contributed by atoms with E-state index in [1.165, 1.54) is 18.5 Å². The van der Waals surface area contributed by atoms with Crippen molar-refractivity contribution in [2.75, 3.05) is 27.0 Å². The molecule has 0 unspecified atom stereocenters. The number of aliphatic carboxylic acids is 1. The van der Waals surface area contributed by atoms with E-state index in [-0.39, 0.29) is 13.0 Å². The molecule has 1 aliphatic heterocycles. The molecule has 7 nitrogen and oxygen atoms in total. The Balaban J connectivity index is 2.57. The molecule has 0 radical (unpaired) electrons. The van der Waals surface area contributed by atoms with E-state index in [2.05, 4.69) is 0 Å². The average molecular weight is 329 g/mol. The fraction of sp³-hybridized carbons (Fsp3) is 0.500. The third-order valence-electron chi connectivity index (χ3n) is 3.75. The summed E-state index contributed by atoms with van der Waals surface area (Å²) >= 11 is 0. The average Bonchev–Trinajstić information content (AvgIpc) is 2.44. The summed E-state index contributed by atoms with van der Waals surface area (Å²) in [7, 11) is -0.502. The number of rotatable bonds is 5. The lowest BCUT2D eigenvalue weighted by Gasteiger charge is -2.35. The topological polar surface area (TPSA) is 93.1 Å². The SMILES string of the molecule is COc1cc2c(cc1OC)[C@@H](CC(=O)O)N(S(C)(=O)=O)CC2. The van der Waals surface area contributed by atoms with Crippen LogP contribution in [-0.4, -0.2) is 50.8 Å². The Bertz CT molecular complexity index is 685. The van der Waals surface area contributed by atoms with E-state index in [4.69, 9.17) is 14.6 Å². The van der Waals surface area contributed by atoms with Crippen LogP contribution in [0.15, 0.2) is 12.1 Å². The van der Waals surface area contributed by atoms with Crippen molar-refractivity contribution in [1.82, 2.24) is 4.31 Å². The Kier molecular flexibility index (Phi) is 4.62. The van der Waals surface area contributed by atoms with Gasteiger partial charge in [-0.3, -0.25) is 4.79 Å². The van der Waals surface area contributed by atoms with Crippen molar-refractivity contribution >= 4 is 16.0 Å². The molecule has 0 amide bonds. The fourth-order valence-corrected chi connectivity index (χ4v) is 3.85. The van der Waals surface area contributed by atoms with Crippen LogP contribution in [0.5, 0.6) is 11.5 Å². The Morgan fingerprint density at radius 3 is 2.41 bits per heavy atom. The minimum atomic E-state index is -3.50. The van der Waals surface area contributed by atoms with Crippen LogP contribution < -0.4 is 9.47 Å². The van der Waals surface area contributed by atoms with Crippen molar-refractivity contribution < 1.29 is 27.8 Å². The maximum absolute atomic E-state index is 11.9. The molecule has 1 heterocycles. The van der Waals surface area contributed by atoms with Crippen LogP contribution in [0.1, 0.15) is 23.6 Å². The molecule has 1 aromatic rings. The molecule has 1 N–H and O–H groups in total. The molecule has 1 aromatic carbocycles. The van der Waals surface area contributed by atoms with Gasteiger partial charge in [0, 0.05) is 6.54 Å². The first-order chi connectivity index (χ1) is 10.3. The van der Waals surface area contributed by atoms with Gasteiger partial charge >= 0.3 is 5.97 Å². The summed E-state index contributed by atoms with van der Waals surface area (Å²) in [5.41, 5.74) is 1.53. The van der Waals surface area contributed by atoms with Gasteiger partial charge in [0.15, 0.2) is 11.5 Å². The molecule has 0 aliphatic carbocycles. The lowest BCUT2D eigenvalue weighted by molar-refractivity contribution is -0.138. The molecule has 8 heteroatoms. The number of carboxylic acids is 1. The highest BCUT2D eigenvalue weighted by atomic mass is 32.2. The van der Waals surface area contributed by atoms with Crippen LogP contribution in [0, 0.1) is 0 Å². The number of carboxylic acid groups (broad SMARTS) is 1. The zero-order chi connectivity index (χ0) is 16.5. The predicted octanol–water partition coefficient (Wildman–Crippen LogP) is 1.04. The summed E-state index contributed by atoms with van der Waals surface area (Å²) < 4.78 is 35.6. The Morgan fingerprint density at radius 1 is 1.32 bits per heavy atom. The zero-order valence-corrected chi connectivity index (χ0v) is 13.5. The number of nitrogens with zero attached hydrogens (tertiary/aromatic N) is 1. The van der Waals surface area contributed by atoms with Crippen molar-refractivity contribution in [2.24, 2.45) is 0 Å². The quantitative estimate of drug-likeness (QED) is 0.867. The van der Waals surface area contributed by atoms with Crippen LogP contribution in [0.3, 0.4) is 0 Å². The second-order valence-electron chi connectivity index (χ2n) is 5.14. The molecule has 0 saturated heterocycles.